The third kappa shape index (κ3) is 5.77. The smallest absolute Gasteiger partial charge is 0.338 e. The Balaban J connectivity index is 1.92. The van der Waals surface area contributed by atoms with Crippen molar-refractivity contribution in [3.8, 4) is 5.75 Å². The van der Waals surface area contributed by atoms with Crippen molar-refractivity contribution in [3.63, 3.8) is 0 Å². The van der Waals surface area contributed by atoms with Gasteiger partial charge >= 0.3 is 5.97 Å². The van der Waals surface area contributed by atoms with E-state index in [1.807, 2.05) is 6.92 Å². The second-order valence-electron chi connectivity index (χ2n) is 5.65. The molecule has 0 aromatic heterocycles. The maximum absolute atomic E-state index is 12.3. The average molecular weight is 353 g/mol. The summed E-state index contributed by atoms with van der Waals surface area (Å²) in [7, 11) is 0. The Morgan fingerprint density at radius 3 is 2.31 bits per heavy atom. The number of benzene rings is 2. The van der Waals surface area contributed by atoms with Crippen molar-refractivity contribution in [2.45, 2.75) is 19.8 Å². The van der Waals surface area contributed by atoms with E-state index in [1.165, 1.54) is 0 Å². The minimum absolute atomic E-state index is 0.237. The topological polar surface area (TPSA) is 64.6 Å². The molecule has 26 heavy (non-hydrogen) atoms. The lowest BCUT2D eigenvalue weighted by Gasteiger charge is -2.08. The number of unbranched alkanes of at least 4 members (excludes halogenated alkanes) is 1. The van der Waals surface area contributed by atoms with Crippen LogP contribution in [0, 0.1) is 0 Å². The number of ether oxygens (including phenoxy) is 2. The minimum atomic E-state index is -0.355. The highest BCUT2D eigenvalue weighted by Crippen LogP contribution is 2.15. The molecule has 0 heterocycles. The van der Waals surface area contributed by atoms with E-state index in [1.54, 1.807) is 54.6 Å². The van der Waals surface area contributed by atoms with Gasteiger partial charge in [0.15, 0.2) is 0 Å². The normalized spacial score (nSPS) is 10.0. The van der Waals surface area contributed by atoms with E-state index in [0.29, 0.717) is 35.8 Å². The van der Waals surface area contributed by atoms with Crippen LogP contribution in [-0.2, 0) is 4.74 Å². The first-order valence-corrected chi connectivity index (χ1v) is 8.56. The molecule has 136 valence electrons. The van der Waals surface area contributed by atoms with Crippen LogP contribution in [0.2, 0.25) is 0 Å². The maximum atomic E-state index is 12.3. The molecule has 2 aromatic rings. The fourth-order valence-electron chi connectivity index (χ4n) is 2.14. The predicted octanol–water partition coefficient (Wildman–Crippen LogP) is 4.46. The van der Waals surface area contributed by atoms with Gasteiger partial charge in [0.05, 0.1) is 12.2 Å². The van der Waals surface area contributed by atoms with Crippen molar-refractivity contribution in [1.29, 1.82) is 0 Å². The number of carbonyl (C=O) groups excluding carboxylic acids is 2. The highest BCUT2D eigenvalue weighted by Gasteiger charge is 2.09. The van der Waals surface area contributed by atoms with Crippen LogP contribution < -0.4 is 10.1 Å². The van der Waals surface area contributed by atoms with Gasteiger partial charge in [0.25, 0.3) is 5.91 Å². The summed E-state index contributed by atoms with van der Waals surface area (Å²) in [5, 5.41) is 2.79. The molecule has 0 aliphatic rings. The van der Waals surface area contributed by atoms with Gasteiger partial charge in [-0.3, -0.25) is 4.79 Å². The molecule has 0 spiro atoms. The van der Waals surface area contributed by atoms with Crippen molar-refractivity contribution in [2.24, 2.45) is 0 Å². The molecule has 0 saturated heterocycles. The Morgan fingerprint density at radius 2 is 1.69 bits per heavy atom. The first-order valence-electron chi connectivity index (χ1n) is 8.56. The molecule has 0 aliphatic carbocycles. The minimum Gasteiger partial charge on any atom is -0.490 e. The number of rotatable bonds is 9. The number of hydrogen-bond acceptors (Lipinski definition) is 4. The van der Waals surface area contributed by atoms with Gasteiger partial charge in [0.1, 0.15) is 12.4 Å². The second-order valence-corrected chi connectivity index (χ2v) is 5.65. The van der Waals surface area contributed by atoms with Crippen LogP contribution in [0.4, 0.5) is 5.69 Å². The van der Waals surface area contributed by atoms with Crippen LogP contribution in [0.3, 0.4) is 0 Å². The molecule has 2 rings (SSSR count). The predicted molar refractivity (Wildman–Crippen MR) is 102 cm³/mol. The molecular formula is C21H23NO4. The molecule has 0 radical (unpaired) electrons. The van der Waals surface area contributed by atoms with Gasteiger partial charge in [-0.05, 0) is 55.0 Å². The lowest BCUT2D eigenvalue weighted by Crippen LogP contribution is -2.12. The lowest BCUT2D eigenvalue weighted by atomic mass is 10.1. The van der Waals surface area contributed by atoms with Crippen LogP contribution in [0.25, 0.3) is 0 Å². The third-order valence-corrected chi connectivity index (χ3v) is 3.59. The molecule has 1 N–H and O–H groups in total. The zero-order valence-electron chi connectivity index (χ0n) is 14.9. The van der Waals surface area contributed by atoms with E-state index >= 15 is 0 Å². The van der Waals surface area contributed by atoms with Crippen LogP contribution >= 0.6 is 0 Å². The summed E-state index contributed by atoms with van der Waals surface area (Å²) < 4.78 is 10.5. The van der Waals surface area contributed by atoms with E-state index in [0.717, 1.165) is 12.8 Å². The summed E-state index contributed by atoms with van der Waals surface area (Å²) in [5.74, 6) is 0.0809. The molecule has 0 bridgehead atoms. The Kier molecular flexibility index (Phi) is 7.43. The molecule has 2 aromatic carbocycles. The SMILES string of the molecule is C=CCOc1ccc(C(=O)Nc2ccc(C(=O)OCCCC)cc2)cc1. The van der Waals surface area contributed by atoms with Crippen LogP contribution in [0.5, 0.6) is 5.75 Å². The van der Waals surface area contributed by atoms with Crippen molar-refractivity contribution in [3.05, 3.63) is 72.3 Å². The van der Waals surface area contributed by atoms with E-state index in [-0.39, 0.29) is 11.9 Å². The van der Waals surface area contributed by atoms with Gasteiger partial charge in [0, 0.05) is 11.3 Å². The Morgan fingerprint density at radius 1 is 1.04 bits per heavy atom. The van der Waals surface area contributed by atoms with Gasteiger partial charge in [-0.2, -0.15) is 0 Å². The first-order chi connectivity index (χ1) is 12.6. The van der Waals surface area contributed by atoms with Gasteiger partial charge in [-0.15, -0.1) is 0 Å². The maximum Gasteiger partial charge on any atom is 0.338 e. The fourth-order valence-corrected chi connectivity index (χ4v) is 2.14. The molecule has 0 fully saturated rings. The van der Waals surface area contributed by atoms with Crippen molar-refractivity contribution in [1.82, 2.24) is 0 Å². The van der Waals surface area contributed by atoms with Crippen LogP contribution in [0.15, 0.2) is 61.2 Å². The van der Waals surface area contributed by atoms with E-state index in [4.69, 9.17) is 9.47 Å². The molecule has 0 saturated carbocycles. The first kappa shape index (κ1) is 19.2. The summed E-state index contributed by atoms with van der Waals surface area (Å²) >= 11 is 0. The highest BCUT2D eigenvalue weighted by molar-refractivity contribution is 6.04. The van der Waals surface area contributed by atoms with Crippen molar-refractivity contribution >= 4 is 17.6 Å². The van der Waals surface area contributed by atoms with Gasteiger partial charge in [-0.1, -0.05) is 26.0 Å². The summed E-state index contributed by atoms with van der Waals surface area (Å²) in [5.41, 5.74) is 1.58. The lowest BCUT2D eigenvalue weighted by molar-refractivity contribution is 0.0499. The monoisotopic (exact) mass is 353 g/mol. The number of esters is 1. The van der Waals surface area contributed by atoms with Crippen LogP contribution in [0.1, 0.15) is 40.5 Å². The van der Waals surface area contributed by atoms with E-state index in [2.05, 4.69) is 11.9 Å². The van der Waals surface area contributed by atoms with Gasteiger partial charge in [-0.25, -0.2) is 4.79 Å². The number of hydrogen-bond donors (Lipinski definition) is 1. The van der Waals surface area contributed by atoms with Crippen LogP contribution in [-0.4, -0.2) is 25.1 Å². The Labute approximate surface area is 153 Å². The molecule has 5 heteroatoms. The number of anilines is 1. The number of amides is 1. The average Bonchev–Trinajstić information content (AvgIpc) is 2.67. The summed E-state index contributed by atoms with van der Waals surface area (Å²) in [6, 6.07) is 13.5. The molecule has 0 atom stereocenters. The molecule has 1 amide bonds. The number of carbonyl (C=O) groups is 2. The highest BCUT2D eigenvalue weighted by atomic mass is 16.5. The zero-order chi connectivity index (χ0) is 18.8. The third-order valence-electron chi connectivity index (χ3n) is 3.59. The Bertz CT molecular complexity index is 736. The van der Waals surface area contributed by atoms with Crippen molar-refractivity contribution in [2.75, 3.05) is 18.5 Å². The standard InChI is InChI=1S/C21H23NO4/c1-3-5-15-26-21(24)17-6-10-18(11-7-17)22-20(23)16-8-12-19(13-9-16)25-14-4-2/h4,6-13H,2-3,5,14-15H2,1H3,(H,22,23). The molecular weight excluding hydrogens is 330 g/mol. The molecule has 0 aliphatic heterocycles. The summed E-state index contributed by atoms with van der Waals surface area (Å²) in [6.07, 6.45) is 3.47. The van der Waals surface area contributed by atoms with Crippen molar-refractivity contribution < 1.29 is 19.1 Å². The summed E-state index contributed by atoms with van der Waals surface area (Å²) in [6.45, 7) is 6.45. The van der Waals surface area contributed by atoms with E-state index < -0.39 is 0 Å². The van der Waals surface area contributed by atoms with Gasteiger partial charge in [0.2, 0.25) is 0 Å². The summed E-state index contributed by atoms with van der Waals surface area (Å²) in [4.78, 5) is 24.1. The Hall–Kier alpha value is -3.08. The van der Waals surface area contributed by atoms with E-state index in [9.17, 15) is 9.59 Å². The second kappa shape index (κ2) is 10.0. The zero-order valence-corrected chi connectivity index (χ0v) is 14.9. The molecule has 5 nitrogen and oxygen atoms in total. The van der Waals surface area contributed by atoms with Gasteiger partial charge < -0.3 is 14.8 Å². The fraction of sp³-hybridized carbons (Fsp3) is 0.238. The molecule has 0 unspecified atom stereocenters. The largest absolute Gasteiger partial charge is 0.490 e. The number of nitrogens with one attached hydrogen (secondary N) is 1. The quantitative estimate of drug-likeness (QED) is 0.411.